The van der Waals surface area contributed by atoms with E-state index in [-0.39, 0.29) is 6.54 Å². The minimum atomic E-state index is -0.467. The van der Waals surface area contributed by atoms with Crippen LogP contribution in [0.5, 0.6) is 0 Å². The summed E-state index contributed by atoms with van der Waals surface area (Å²) in [6.45, 7) is 0.0206. The number of carbonyl (C=O) groups is 1. The molecule has 2 aromatic rings. The van der Waals surface area contributed by atoms with E-state index in [4.69, 9.17) is 11.0 Å². The fourth-order valence-electron chi connectivity index (χ4n) is 1.52. The van der Waals surface area contributed by atoms with Crippen LogP contribution in [0.25, 0.3) is 11.0 Å². The van der Waals surface area contributed by atoms with Crippen LogP contribution in [0.4, 0.5) is 0 Å². The molecule has 0 aliphatic heterocycles. The monoisotopic (exact) mass is 278 g/mol. The lowest BCUT2D eigenvalue weighted by molar-refractivity contribution is -0.118. The number of rotatable bonds is 2. The first-order valence-corrected chi connectivity index (χ1v) is 5.24. The highest BCUT2D eigenvalue weighted by atomic mass is 79.9. The van der Waals surface area contributed by atoms with Gasteiger partial charge in [0.25, 0.3) is 0 Å². The van der Waals surface area contributed by atoms with Crippen molar-refractivity contribution in [3.8, 4) is 6.07 Å². The maximum absolute atomic E-state index is 10.9. The zero-order chi connectivity index (χ0) is 11.7. The summed E-state index contributed by atoms with van der Waals surface area (Å²) in [6.07, 6.45) is 3.19. The van der Waals surface area contributed by atoms with Crippen LogP contribution < -0.4 is 5.73 Å². The van der Waals surface area contributed by atoms with Crippen molar-refractivity contribution in [1.82, 2.24) is 9.55 Å². The van der Waals surface area contributed by atoms with Crippen LogP contribution in [0.3, 0.4) is 0 Å². The Labute approximate surface area is 99.6 Å². The van der Waals surface area contributed by atoms with Gasteiger partial charge in [0.1, 0.15) is 18.3 Å². The van der Waals surface area contributed by atoms with Gasteiger partial charge in [-0.05, 0) is 22.0 Å². The van der Waals surface area contributed by atoms with Gasteiger partial charge in [-0.3, -0.25) is 4.79 Å². The van der Waals surface area contributed by atoms with E-state index >= 15 is 0 Å². The number of primary amides is 1. The molecule has 0 aliphatic rings. The van der Waals surface area contributed by atoms with Gasteiger partial charge in [0.05, 0.1) is 5.56 Å². The van der Waals surface area contributed by atoms with E-state index in [1.165, 1.54) is 0 Å². The summed E-state index contributed by atoms with van der Waals surface area (Å²) in [4.78, 5) is 15.0. The van der Waals surface area contributed by atoms with Gasteiger partial charge in [-0.15, -0.1) is 0 Å². The quantitative estimate of drug-likeness (QED) is 0.895. The maximum Gasteiger partial charge on any atom is 0.237 e. The Morgan fingerprint density at radius 3 is 3.06 bits per heavy atom. The first-order valence-electron chi connectivity index (χ1n) is 4.44. The van der Waals surface area contributed by atoms with E-state index in [2.05, 4.69) is 27.0 Å². The number of aromatic nitrogens is 2. The molecular formula is C10H7BrN4O. The topological polar surface area (TPSA) is 84.7 Å². The van der Waals surface area contributed by atoms with Gasteiger partial charge in [-0.25, -0.2) is 4.98 Å². The third-order valence-corrected chi connectivity index (χ3v) is 2.56. The SMILES string of the molecule is N#Cc1cn(CC(N)=O)c2ncc(Br)cc12. The van der Waals surface area contributed by atoms with Crippen LogP contribution in [-0.2, 0) is 11.3 Å². The van der Waals surface area contributed by atoms with Gasteiger partial charge < -0.3 is 10.3 Å². The van der Waals surface area contributed by atoms with Crippen molar-refractivity contribution in [3.63, 3.8) is 0 Å². The highest BCUT2D eigenvalue weighted by Crippen LogP contribution is 2.22. The summed E-state index contributed by atoms with van der Waals surface area (Å²) in [5, 5.41) is 9.66. The fraction of sp³-hybridized carbons (Fsp3) is 0.100. The van der Waals surface area contributed by atoms with Crippen molar-refractivity contribution < 1.29 is 4.79 Å². The molecule has 5 nitrogen and oxygen atoms in total. The summed E-state index contributed by atoms with van der Waals surface area (Å²) in [5.41, 5.74) is 6.18. The van der Waals surface area contributed by atoms with Crippen molar-refractivity contribution >= 4 is 32.9 Å². The summed E-state index contributed by atoms with van der Waals surface area (Å²) in [7, 11) is 0. The molecule has 0 unspecified atom stereocenters. The number of carbonyl (C=O) groups excluding carboxylic acids is 1. The first kappa shape index (κ1) is 10.6. The third-order valence-electron chi connectivity index (χ3n) is 2.13. The lowest BCUT2D eigenvalue weighted by Crippen LogP contribution is -2.18. The van der Waals surface area contributed by atoms with Crippen molar-refractivity contribution in [3.05, 3.63) is 28.5 Å². The molecule has 6 heteroatoms. The second kappa shape index (κ2) is 3.94. The van der Waals surface area contributed by atoms with E-state index in [0.717, 1.165) is 4.47 Å². The summed E-state index contributed by atoms with van der Waals surface area (Å²) in [5.74, 6) is -0.467. The molecule has 0 atom stereocenters. The van der Waals surface area contributed by atoms with Crippen LogP contribution in [0.1, 0.15) is 5.56 Å². The van der Waals surface area contributed by atoms with Crippen LogP contribution >= 0.6 is 15.9 Å². The van der Waals surface area contributed by atoms with Gasteiger partial charge in [0, 0.05) is 22.3 Å². The average molecular weight is 279 g/mol. The molecule has 2 aromatic heterocycles. The van der Waals surface area contributed by atoms with Gasteiger partial charge in [0.2, 0.25) is 5.91 Å². The molecule has 1 amide bonds. The molecule has 0 aliphatic carbocycles. The number of hydrogen-bond acceptors (Lipinski definition) is 3. The minimum absolute atomic E-state index is 0.0206. The van der Waals surface area contributed by atoms with E-state index < -0.39 is 5.91 Å². The van der Waals surface area contributed by atoms with Crippen LogP contribution in [0.15, 0.2) is 22.9 Å². The molecule has 80 valence electrons. The summed E-state index contributed by atoms with van der Waals surface area (Å²) < 4.78 is 2.36. The average Bonchev–Trinajstić information content (AvgIpc) is 2.55. The fourth-order valence-corrected chi connectivity index (χ4v) is 1.85. The largest absolute Gasteiger partial charge is 0.368 e. The van der Waals surface area contributed by atoms with E-state index in [1.54, 1.807) is 23.0 Å². The van der Waals surface area contributed by atoms with E-state index in [0.29, 0.717) is 16.6 Å². The number of pyridine rings is 1. The van der Waals surface area contributed by atoms with Crippen LogP contribution in [-0.4, -0.2) is 15.5 Å². The molecule has 0 saturated carbocycles. The molecular weight excluding hydrogens is 272 g/mol. The number of halogens is 1. The van der Waals surface area contributed by atoms with Crippen LogP contribution in [0.2, 0.25) is 0 Å². The highest BCUT2D eigenvalue weighted by Gasteiger charge is 2.11. The lowest BCUT2D eigenvalue weighted by atomic mass is 10.2. The Balaban J connectivity index is 2.69. The second-order valence-corrected chi connectivity index (χ2v) is 4.19. The van der Waals surface area contributed by atoms with E-state index in [9.17, 15) is 4.79 Å². The molecule has 0 spiro atoms. The molecule has 0 radical (unpaired) electrons. The predicted octanol–water partition coefficient (Wildman–Crippen LogP) is 1.16. The number of amides is 1. The Bertz CT molecular complexity index is 611. The zero-order valence-electron chi connectivity index (χ0n) is 8.14. The normalized spacial score (nSPS) is 10.2. The molecule has 0 aromatic carbocycles. The van der Waals surface area contributed by atoms with Gasteiger partial charge in [0.15, 0.2) is 0 Å². The molecule has 0 saturated heterocycles. The number of nitrogens with zero attached hydrogens (tertiary/aromatic N) is 3. The zero-order valence-corrected chi connectivity index (χ0v) is 9.73. The predicted molar refractivity (Wildman–Crippen MR) is 61.3 cm³/mol. The molecule has 2 rings (SSSR count). The highest BCUT2D eigenvalue weighted by molar-refractivity contribution is 9.10. The Morgan fingerprint density at radius 1 is 1.69 bits per heavy atom. The number of fused-ring (bicyclic) bond motifs is 1. The number of nitrogens with two attached hydrogens (primary N) is 1. The molecule has 2 N–H and O–H groups in total. The summed E-state index contributed by atoms with van der Waals surface area (Å²) in [6, 6.07) is 3.85. The second-order valence-electron chi connectivity index (χ2n) is 3.27. The summed E-state index contributed by atoms with van der Waals surface area (Å²) >= 11 is 3.28. The van der Waals surface area contributed by atoms with Crippen LogP contribution in [0, 0.1) is 11.3 Å². The minimum Gasteiger partial charge on any atom is -0.368 e. The number of hydrogen-bond donors (Lipinski definition) is 1. The van der Waals surface area contributed by atoms with Gasteiger partial charge in [-0.2, -0.15) is 5.26 Å². The van der Waals surface area contributed by atoms with Crippen molar-refractivity contribution in [1.29, 1.82) is 5.26 Å². The Hall–Kier alpha value is -1.87. The van der Waals surface area contributed by atoms with E-state index in [1.807, 2.05) is 0 Å². The molecule has 16 heavy (non-hydrogen) atoms. The lowest BCUT2D eigenvalue weighted by Gasteiger charge is -2.00. The van der Waals surface area contributed by atoms with Crippen molar-refractivity contribution in [2.24, 2.45) is 5.73 Å². The third kappa shape index (κ3) is 1.77. The molecule has 0 fully saturated rings. The smallest absolute Gasteiger partial charge is 0.237 e. The standard InChI is InChI=1S/C10H7BrN4O/c11-7-1-8-6(2-12)4-15(5-9(13)16)10(8)14-3-7/h1,3-4H,5H2,(H2,13,16). The van der Waals surface area contributed by atoms with Gasteiger partial charge in [-0.1, -0.05) is 0 Å². The first-order chi connectivity index (χ1) is 7.61. The maximum atomic E-state index is 10.9. The Morgan fingerprint density at radius 2 is 2.44 bits per heavy atom. The van der Waals surface area contributed by atoms with Gasteiger partial charge >= 0.3 is 0 Å². The Kier molecular flexibility index (Phi) is 2.62. The number of nitriles is 1. The van der Waals surface area contributed by atoms with Crippen molar-refractivity contribution in [2.75, 3.05) is 0 Å². The molecule has 0 bridgehead atoms. The van der Waals surface area contributed by atoms with Crippen molar-refractivity contribution in [2.45, 2.75) is 6.54 Å². The molecule has 2 heterocycles.